The third-order valence-corrected chi connectivity index (χ3v) is 12.2. The molecule has 0 radical (unpaired) electrons. The van der Waals surface area contributed by atoms with Crippen LogP contribution in [0.3, 0.4) is 0 Å². The molecule has 9 aromatic carbocycles. The van der Waals surface area contributed by atoms with Crippen LogP contribution in [0.15, 0.2) is 231 Å². The number of hydrogen-bond acceptors (Lipinski definition) is 2. The predicted molar refractivity (Wildman–Crippen MR) is 258 cm³/mol. The second-order valence-corrected chi connectivity index (χ2v) is 15.7. The molecule has 12 rings (SSSR count). The second-order valence-electron chi connectivity index (χ2n) is 15.7. The van der Waals surface area contributed by atoms with E-state index in [-0.39, 0.29) is 0 Å². The number of fused-ring (bicyclic) bond motifs is 6. The molecule has 0 N–H and O–H groups in total. The smallest absolute Gasteiger partial charge is 0.163 e. The minimum atomic E-state index is 0.649. The summed E-state index contributed by atoms with van der Waals surface area (Å²) >= 11 is 0. The second kappa shape index (κ2) is 14.7. The molecule has 0 saturated heterocycles. The Labute approximate surface area is 359 Å². The molecule has 0 aliphatic heterocycles. The van der Waals surface area contributed by atoms with Gasteiger partial charge < -0.3 is 9.13 Å². The van der Waals surface area contributed by atoms with Gasteiger partial charge in [-0.15, -0.1) is 0 Å². The van der Waals surface area contributed by atoms with Gasteiger partial charge in [0, 0.05) is 38.2 Å². The summed E-state index contributed by atoms with van der Waals surface area (Å²) < 4.78 is 4.83. The first-order valence-electron chi connectivity index (χ1n) is 21.1. The molecular formula is C58H38N4. The van der Waals surface area contributed by atoms with Crippen LogP contribution >= 0.6 is 0 Å². The highest BCUT2D eigenvalue weighted by Gasteiger charge is 2.25. The third-order valence-electron chi connectivity index (χ3n) is 12.2. The Morgan fingerprint density at radius 3 is 1.24 bits per heavy atom. The molecule has 0 unspecified atom stereocenters. The van der Waals surface area contributed by atoms with Crippen molar-refractivity contribution in [1.29, 1.82) is 0 Å². The largest absolute Gasteiger partial charge is 0.308 e. The van der Waals surface area contributed by atoms with Gasteiger partial charge >= 0.3 is 0 Å². The summed E-state index contributed by atoms with van der Waals surface area (Å²) in [7, 11) is 0. The summed E-state index contributed by atoms with van der Waals surface area (Å²) in [6.45, 7) is 0. The van der Waals surface area contributed by atoms with Gasteiger partial charge in [-0.3, -0.25) is 0 Å². The van der Waals surface area contributed by atoms with Gasteiger partial charge in [-0.05, 0) is 53.1 Å². The lowest BCUT2D eigenvalue weighted by Gasteiger charge is -2.21. The maximum absolute atomic E-state index is 5.74. The van der Waals surface area contributed by atoms with E-state index in [1.54, 1.807) is 0 Å². The molecule has 0 spiro atoms. The number of rotatable bonds is 7. The van der Waals surface area contributed by atoms with Crippen LogP contribution in [0.2, 0.25) is 0 Å². The van der Waals surface area contributed by atoms with Crippen molar-refractivity contribution < 1.29 is 0 Å². The molecule has 4 nitrogen and oxygen atoms in total. The maximum Gasteiger partial charge on any atom is 0.163 e. The molecule has 62 heavy (non-hydrogen) atoms. The molecule has 3 aromatic heterocycles. The lowest BCUT2D eigenvalue weighted by atomic mass is 9.95. The molecule has 0 aliphatic rings. The van der Waals surface area contributed by atoms with E-state index in [0.29, 0.717) is 5.82 Å². The van der Waals surface area contributed by atoms with Gasteiger partial charge in [0.15, 0.2) is 5.82 Å². The van der Waals surface area contributed by atoms with Crippen LogP contribution in [0.25, 0.3) is 111 Å². The van der Waals surface area contributed by atoms with Crippen molar-refractivity contribution in [3.63, 3.8) is 0 Å². The SMILES string of the molecule is c1ccc(-c2cc(-c3cccc(-c4ccccc4)c3-n3c4ccccc4c4ccccc43)nc(-c3c(-c4ccccc4)cccc3-n3c4ccccc4c4ccccc43)n2)cc1. The van der Waals surface area contributed by atoms with E-state index < -0.39 is 0 Å². The Hall–Kier alpha value is -8.34. The highest BCUT2D eigenvalue weighted by molar-refractivity contribution is 6.11. The summed E-state index contributed by atoms with van der Waals surface area (Å²) in [4.78, 5) is 11.3. The zero-order valence-electron chi connectivity index (χ0n) is 33.7. The van der Waals surface area contributed by atoms with Gasteiger partial charge in [0.1, 0.15) is 0 Å². The van der Waals surface area contributed by atoms with Crippen LogP contribution in [-0.2, 0) is 0 Å². The predicted octanol–water partition coefficient (Wildman–Crippen LogP) is 15.0. The first-order valence-corrected chi connectivity index (χ1v) is 21.1. The molecule has 3 heterocycles. The maximum atomic E-state index is 5.74. The van der Waals surface area contributed by atoms with Gasteiger partial charge in [-0.25, -0.2) is 9.97 Å². The minimum absolute atomic E-state index is 0.649. The Morgan fingerprint density at radius 2 is 0.694 bits per heavy atom. The van der Waals surface area contributed by atoms with Crippen molar-refractivity contribution in [2.45, 2.75) is 0 Å². The molecule has 4 heteroatoms. The van der Waals surface area contributed by atoms with Crippen molar-refractivity contribution in [2.24, 2.45) is 0 Å². The summed E-state index contributed by atoms with van der Waals surface area (Å²) in [5, 5.41) is 4.82. The number of hydrogen-bond donors (Lipinski definition) is 0. The summed E-state index contributed by atoms with van der Waals surface area (Å²) in [5.74, 6) is 0.649. The van der Waals surface area contributed by atoms with Crippen LogP contribution < -0.4 is 0 Å². The van der Waals surface area contributed by atoms with Gasteiger partial charge in [0.2, 0.25) is 0 Å². The van der Waals surface area contributed by atoms with Crippen molar-refractivity contribution >= 4 is 43.6 Å². The molecule has 290 valence electrons. The Balaban J connectivity index is 1.22. The fraction of sp³-hybridized carbons (Fsp3) is 0. The average Bonchev–Trinajstić information content (AvgIpc) is 3.87. The van der Waals surface area contributed by atoms with Crippen molar-refractivity contribution in [3.8, 4) is 67.5 Å². The van der Waals surface area contributed by atoms with Crippen LogP contribution in [0.4, 0.5) is 0 Å². The number of nitrogens with zero attached hydrogens (tertiary/aromatic N) is 4. The highest BCUT2D eigenvalue weighted by atomic mass is 15.0. The zero-order chi connectivity index (χ0) is 41.0. The van der Waals surface area contributed by atoms with Crippen molar-refractivity contribution in [2.75, 3.05) is 0 Å². The quantitative estimate of drug-likeness (QED) is 0.161. The fourth-order valence-electron chi connectivity index (χ4n) is 9.46. The number of aromatic nitrogens is 4. The molecule has 0 aliphatic carbocycles. The van der Waals surface area contributed by atoms with Gasteiger partial charge in [-0.1, -0.05) is 194 Å². The molecule has 0 bridgehead atoms. The summed E-state index contributed by atoms with van der Waals surface area (Å²) in [5.41, 5.74) is 15.7. The Kier molecular flexibility index (Phi) is 8.46. The van der Waals surface area contributed by atoms with Gasteiger partial charge in [-0.2, -0.15) is 0 Å². The van der Waals surface area contributed by atoms with Crippen LogP contribution in [0.5, 0.6) is 0 Å². The molecule has 0 amide bonds. The van der Waals surface area contributed by atoms with E-state index in [4.69, 9.17) is 9.97 Å². The van der Waals surface area contributed by atoms with Crippen molar-refractivity contribution in [1.82, 2.24) is 19.1 Å². The normalized spacial score (nSPS) is 11.5. The van der Waals surface area contributed by atoms with E-state index in [2.05, 4.69) is 240 Å². The lowest BCUT2D eigenvalue weighted by Crippen LogP contribution is -2.05. The molecular weight excluding hydrogens is 753 g/mol. The van der Waals surface area contributed by atoms with E-state index in [1.165, 1.54) is 21.5 Å². The lowest BCUT2D eigenvalue weighted by molar-refractivity contribution is 1.13. The van der Waals surface area contributed by atoms with E-state index in [0.717, 1.165) is 83.8 Å². The summed E-state index contributed by atoms with van der Waals surface area (Å²) in [6, 6.07) is 82.1. The van der Waals surface area contributed by atoms with E-state index >= 15 is 0 Å². The Morgan fingerprint density at radius 1 is 0.290 bits per heavy atom. The van der Waals surface area contributed by atoms with Crippen LogP contribution in [-0.4, -0.2) is 19.1 Å². The zero-order valence-corrected chi connectivity index (χ0v) is 33.7. The first-order chi connectivity index (χ1) is 30.8. The molecule has 12 aromatic rings. The van der Waals surface area contributed by atoms with E-state index in [9.17, 15) is 0 Å². The third kappa shape index (κ3) is 5.76. The number of para-hydroxylation sites is 5. The number of benzene rings is 9. The van der Waals surface area contributed by atoms with Crippen LogP contribution in [0.1, 0.15) is 0 Å². The minimum Gasteiger partial charge on any atom is -0.308 e. The van der Waals surface area contributed by atoms with Crippen molar-refractivity contribution in [3.05, 3.63) is 231 Å². The Bertz CT molecular complexity index is 3510. The van der Waals surface area contributed by atoms with Gasteiger partial charge in [0.05, 0.1) is 50.4 Å². The molecule has 0 atom stereocenters. The molecule has 0 fully saturated rings. The van der Waals surface area contributed by atoms with E-state index in [1.807, 2.05) is 0 Å². The topological polar surface area (TPSA) is 35.6 Å². The van der Waals surface area contributed by atoms with Crippen LogP contribution in [0, 0.1) is 0 Å². The highest BCUT2D eigenvalue weighted by Crippen LogP contribution is 2.44. The molecule has 0 saturated carbocycles. The van der Waals surface area contributed by atoms with Gasteiger partial charge in [0.25, 0.3) is 0 Å². The first kappa shape index (κ1) is 35.6. The fourth-order valence-corrected chi connectivity index (χ4v) is 9.46. The average molecular weight is 791 g/mol. The standard InChI is InChI=1S/C58H38N4/c1-4-20-39(21-5-1)42-30-19-37-55(61-51-33-14-10-26-44(51)45-27-11-15-34-52(45)61)56(42)58-59-49(41-24-8-3-9-25-41)38-50(60-58)48-32-18-31-43(40-22-6-2-7-23-40)57(48)62-53-35-16-12-28-46(53)47-29-13-17-36-54(47)62/h1-38H. The summed E-state index contributed by atoms with van der Waals surface area (Å²) in [6.07, 6.45) is 0. The monoisotopic (exact) mass is 790 g/mol.